The van der Waals surface area contributed by atoms with E-state index in [0.717, 1.165) is 19.3 Å². The van der Waals surface area contributed by atoms with Gasteiger partial charge in [-0.05, 0) is 56.4 Å². The Kier molecular flexibility index (Phi) is 7.29. The summed E-state index contributed by atoms with van der Waals surface area (Å²) < 4.78 is 31.8. The summed E-state index contributed by atoms with van der Waals surface area (Å²) >= 11 is 0. The highest BCUT2D eigenvalue weighted by atomic mass is 32.2. The van der Waals surface area contributed by atoms with Crippen LogP contribution in [0.4, 0.5) is 5.69 Å². The topological polar surface area (TPSA) is 92.8 Å². The minimum Gasteiger partial charge on any atom is -0.453 e. The number of benzene rings is 1. The van der Waals surface area contributed by atoms with Gasteiger partial charge in [0.2, 0.25) is 10.0 Å². The molecule has 1 saturated carbocycles. The lowest BCUT2D eigenvalue weighted by atomic mass is 10.0. The number of hydrogen-bond acceptors (Lipinski definition) is 5. The van der Waals surface area contributed by atoms with E-state index in [1.54, 1.807) is 12.1 Å². The van der Waals surface area contributed by atoms with Crippen LogP contribution in [0, 0.1) is 5.92 Å². The number of amides is 1. The van der Waals surface area contributed by atoms with E-state index in [4.69, 9.17) is 4.74 Å². The molecule has 3 rings (SSSR count). The van der Waals surface area contributed by atoms with Gasteiger partial charge in [-0.2, -0.15) is 4.31 Å². The number of nitrogens with one attached hydrogen (secondary N) is 1. The fourth-order valence-corrected chi connectivity index (χ4v) is 5.48. The average molecular weight is 423 g/mol. The Hall–Kier alpha value is -1.93. The second-order valence-electron chi connectivity index (χ2n) is 7.95. The first-order valence-electron chi connectivity index (χ1n) is 10.5. The summed E-state index contributed by atoms with van der Waals surface area (Å²) in [6, 6.07) is 6.08. The Morgan fingerprint density at radius 2 is 1.72 bits per heavy atom. The van der Waals surface area contributed by atoms with Gasteiger partial charge in [0, 0.05) is 25.2 Å². The van der Waals surface area contributed by atoms with Gasteiger partial charge in [0.25, 0.3) is 5.91 Å². The Balaban J connectivity index is 1.48. The van der Waals surface area contributed by atoms with Crippen molar-refractivity contribution in [3.8, 4) is 0 Å². The van der Waals surface area contributed by atoms with E-state index in [2.05, 4.69) is 5.32 Å². The standard InChI is InChI=1S/C21H30N2O5S/c1-16(28-20(24)13-8-17-6-2-3-7-17)21(25)22-18-9-11-19(12-10-18)29(26,27)23-14-4-5-15-23/h9-12,16-17H,2-8,13-15H2,1H3,(H,22,25)/t16-/m1/s1. The second-order valence-corrected chi connectivity index (χ2v) is 9.88. The molecular weight excluding hydrogens is 392 g/mol. The SMILES string of the molecule is C[C@@H](OC(=O)CCC1CCCC1)C(=O)Nc1ccc(S(=O)(=O)N2CCCC2)cc1. The number of carbonyl (C=O) groups excluding carboxylic acids is 2. The van der Waals surface area contributed by atoms with Gasteiger partial charge in [-0.15, -0.1) is 0 Å². The maximum absolute atomic E-state index is 12.5. The molecule has 1 aliphatic carbocycles. The van der Waals surface area contributed by atoms with E-state index in [1.165, 1.54) is 49.0 Å². The van der Waals surface area contributed by atoms with Crippen LogP contribution in [0.25, 0.3) is 0 Å². The summed E-state index contributed by atoms with van der Waals surface area (Å²) in [7, 11) is -3.48. The van der Waals surface area contributed by atoms with Gasteiger partial charge in [0.15, 0.2) is 6.10 Å². The van der Waals surface area contributed by atoms with E-state index in [1.807, 2.05) is 0 Å². The molecule has 1 atom stereocenters. The number of ether oxygens (including phenoxy) is 1. The molecule has 0 bridgehead atoms. The Morgan fingerprint density at radius 3 is 2.34 bits per heavy atom. The summed E-state index contributed by atoms with van der Waals surface area (Å²) in [5, 5.41) is 2.67. The first kappa shape index (κ1) is 21.8. The normalized spacial score (nSPS) is 19.2. The summed E-state index contributed by atoms with van der Waals surface area (Å²) in [5.74, 6) is -0.192. The van der Waals surface area contributed by atoms with E-state index in [-0.39, 0.29) is 10.9 Å². The first-order chi connectivity index (χ1) is 13.9. The molecule has 0 aromatic heterocycles. The second kappa shape index (κ2) is 9.71. The molecule has 8 heteroatoms. The van der Waals surface area contributed by atoms with Crippen molar-refractivity contribution in [2.75, 3.05) is 18.4 Å². The van der Waals surface area contributed by atoms with Gasteiger partial charge in [0.1, 0.15) is 0 Å². The minimum absolute atomic E-state index is 0.212. The fourth-order valence-electron chi connectivity index (χ4n) is 3.96. The van der Waals surface area contributed by atoms with Gasteiger partial charge in [0.05, 0.1) is 4.90 Å². The number of anilines is 1. The molecule has 1 N–H and O–H groups in total. The molecule has 1 saturated heterocycles. The predicted molar refractivity (Wildman–Crippen MR) is 110 cm³/mol. The third kappa shape index (κ3) is 5.79. The number of esters is 1. The molecule has 2 fully saturated rings. The van der Waals surface area contributed by atoms with E-state index in [0.29, 0.717) is 31.1 Å². The van der Waals surface area contributed by atoms with Crippen molar-refractivity contribution < 1.29 is 22.7 Å². The van der Waals surface area contributed by atoms with Crippen LogP contribution in [0.1, 0.15) is 58.3 Å². The average Bonchev–Trinajstić information content (AvgIpc) is 3.41. The highest BCUT2D eigenvalue weighted by Crippen LogP contribution is 2.28. The molecule has 29 heavy (non-hydrogen) atoms. The summed E-state index contributed by atoms with van der Waals surface area (Å²) in [6.07, 6.45) is 6.83. The van der Waals surface area contributed by atoms with Gasteiger partial charge in [-0.25, -0.2) is 8.42 Å². The van der Waals surface area contributed by atoms with Crippen LogP contribution in [0.3, 0.4) is 0 Å². The largest absolute Gasteiger partial charge is 0.453 e. The first-order valence-corrected chi connectivity index (χ1v) is 11.9. The Labute approximate surface area is 172 Å². The van der Waals surface area contributed by atoms with Crippen LogP contribution >= 0.6 is 0 Å². The number of hydrogen-bond donors (Lipinski definition) is 1. The van der Waals surface area contributed by atoms with Gasteiger partial charge in [-0.3, -0.25) is 9.59 Å². The zero-order valence-corrected chi connectivity index (χ0v) is 17.7. The summed E-state index contributed by atoms with van der Waals surface area (Å²) in [5.41, 5.74) is 0.462. The van der Waals surface area contributed by atoms with Crippen LogP contribution in [0.2, 0.25) is 0 Å². The molecule has 1 aromatic rings. The smallest absolute Gasteiger partial charge is 0.306 e. The van der Waals surface area contributed by atoms with Crippen molar-refractivity contribution in [3.05, 3.63) is 24.3 Å². The van der Waals surface area contributed by atoms with Crippen LogP contribution < -0.4 is 5.32 Å². The lowest BCUT2D eigenvalue weighted by Crippen LogP contribution is -2.30. The molecule has 1 aromatic carbocycles. The molecule has 160 valence electrons. The quantitative estimate of drug-likeness (QED) is 0.649. The van der Waals surface area contributed by atoms with E-state index < -0.39 is 22.0 Å². The molecule has 1 heterocycles. The van der Waals surface area contributed by atoms with Gasteiger partial charge >= 0.3 is 5.97 Å². The molecule has 0 radical (unpaired) electrons. The molecular formula is C21H30N2O5S. The molecule has 7 nitrogen and oxygen atoms in total. The zero-order valence-electron chi connectivity index (χ0n) is 16.9. The van der Waals surface area contributed by atoms with Crippen LogP contribution in [-0.4, -0.2) is 43.8 Å². The van der Waals surface area contributed by atoms with E-state index in [9.17, 15) is 18.0 Å². The monoisotopic (exact) mass is 422 g/mol. The third-order valence-electron chi connectivity index (χ3n) is 5.73. The molecule has 0 unspecified atom stereocenters. The van der Waals surface area contributed by atoms with E-state index >= 15 is 0 Å². The van der Waals surface area contributed by atoms with Crippen LogP contribution in [0.5, 0.6) is 0 Å². The Bertz CT molecular complexity index is 810. The predicted octanol–water partition coefficient (Wildman–Crippen LogP) is 3.31. The number of carbonyl (C=O) groups is 2. The lowest BCUT2D eigenvalue weighted by Gasteiger charge is -2.16. The molecule has 2 aliphatic rings. The van der Waals surface area contributed by atoms with Crippen molar-refractivity contribution in [3.63, 3.8) is 0 Å². The van der Waals surface area contributed by atoms with Crippen LogP contribution in [-0.2, 0) is 24.3 Å². The zero-order chi connectivity index (χ0) is 20.9. The Morgan fingerprint density at radius 1 is 1.10 bits per heavy atom. The van der Waals surface area contributed by atoms with Crippen LogP contribution in [0.15, 0.2) is 29.2 Å². The number of rotatable bonds is 8. The van der Waals surface area contributed by atoms with Gasteiger partial charge < -0.3 is 10.1 Å². The highest BCUT2D eigenvalue weighted by molar-refractivity contribution is 7.89. The van der Waals surface area contributed by atoms with Gasteiger partial charge in [-0.1, -0.05) is 25.7 Å². The highest BCUT2D eigenvalue weighted by Gasteiger charge is 2.27. The molecule has 0 spiro atoms. The minimum atomic E-state index is -3.48. The maximum Gasteiger partial charge on any atom is 0.306 e. The van der Waals surface area contributed by atoms with Crippen molar-refractivity contribution in [2.45, 2.75) is 69.3 Å². The van der Waals surface area contributed by atoms with Crippen molar-refractivity contribution in [1.29, 1.82) is 0 Å². The fraction of sp³-hybridized carbons (Fsp3) is 0.619. The van der Waals surface area contributed by atoms with Crippen molar-refractivity contribution in [2.24, 2.45) is 5.92 Å². The number of nitrogens with zero attached hydrogens (tertiary/aromatic N) is 1. The maximum atomic E-state index is 12.5. The number of sulfonamides is 1. The third-order valence-corrected chi connectivity index (χ3v) is 7.65. The molecule has 1 aliphatic heterocycles. The summed E-state index contributed by atoms with van der Waals surface area (Å²) in [6.45, 7) is 2.63. The van der Waals surface area contributed by atoms with Crippen molar-refractivity contribution in [1.82, 2.24) is 4.31 Å². The van der Waals surface area contributed by atoms with Crippen molar-refractivity contribution >= 4 is 27.6 Å². The summed E-state index contributed by atoms with van der Waals surface area (Å²) in [4.78, 5) is 24.5. The lowest BCUT2D eigenvalue weighted by molar-refractivity contribution is -0.153. The molecule has 1 amide bonds.